The van der Waals surface area contributed by atoms with Crippen LogP contribution in [0, 0.1) is 11.6 Å². The molecule has 0 radical (unpaired) electrons. The number of benzene rings is 1. The van der Waals surface area contributed by atoms with Crippen molar-refractivity contribution in [2.24, 2.45) is 0 Å². The first-order valence-corrected chi connectivity index (χ1v) is 11.1. The number of hydrogen-bond acceptors (Lipinski definition) is 8. The molecule has 35 heavy (non-hydrogen) atoms. The van der Waals surface area contributed by atoms with Gasteiger partial charge in [0.05, 0.1) is 54.3 Å². The van der Waals surface area contributed by atoms with Crippen molar-refractivity contribution >= 4 is 0 Å². The third-order valence-corrected chi connectivity index (χ3v) is 5.59. The Kier molecular flexibility index (Phi) is 7.17. The Morgan fingerprint density at radius 2 is 1.71 bits per heavy atom. The molecule has 1 unspecified atom stereocenters. The monoisotopic (exact) mass is 481 g/mol. The molecule has 0 spiro atoms. The molecule has 4 rings (SSSR count). The highest BCUT2D eigenvalue weighted by Gasteiger charge is 2.22. The second-order valence-electron chi connectivity index (χ2n) is 8.49. The second-order valence-corrected chi connectivity index (χ2v) is 8.49. The number of halogens is 2. The van der Waals surface area contributed by atoms with Crippen LogP contribution in [-0.4, -0.2) is 58.1 Å². The summed E-state index contributed by atoms with van der Waals surface area (Å²) in [6.45, 7) is 5.49. The summed E-state index contributed by atoms with van der Waals surface area (Å²) in [6, 6.07) is 5.35. The highest BCUT2D eigenvalue weighted by atomic mass is 19.1. The first-order chi connectivity index (χ1) is 16.8. The van der Waals surface area contributed by atoms with Crippen molar-refractivity contribution in [3.63, 3.8) is 0 Å². The van der Waals surface area contributed by atoms with E-state index in [1.165, 1.54) is 29.2 Å². The third-order valence-electron chi connectivity index (χ3n) is 5.59. The summed E-state index contributed by atoms with van der Waals surface area (Å²) >= 11 is 0. The summed E-state index contributed by atoms with van der Waals surface area (Å²) in [4.78, 5) is 10.2. The first kappa shape index (κ1) is 24.4. The van der Waals surface area contributed by atoms with Crippen molar-refractivity contribution in [2.45, 2.75) is 45.3 Å². The van der Waals surface area contributed by atoms with E-state index in [2.05, 4.69) is 30.4 Å². The van der Waals surface area contributed by atoms with E-state index in [1.807, 2.05) is 20.8 Å². The van der Waals surface area contributed by atoms with E-state index in [1.54, 1.807) is 18.5 Å². The van der Waals surface area contributed by atoms with Gasteiger partial charge in [-0.05, 0) is 29.7 Å². The number of rotatable bonds is 8. The molecule has 4 aromatic rings. The summed E-state index contributed by atoms with van der Waals surface area (Å²) in [6.07, 6.45) is 3.69. The fourth-order valence-corrected chi connectivity index (χ4v) is 3.68. The summed E-state index contributed by atoms with van der Waals surface area (Å²) in [7, 11) is 0. The van der Waals surface area contributed by atoms with Crippen molar-refractivity contribution in [3.05, 3.63) is 71.4 Å². The van der Waals surface area contributed by atoms with Gasteiger partial charge in [0.1, 0.15) is 23.0 Å². The van der Waals surface area contributed by atoms with E-state index < -0.39 is 24.3 Å². The van der Waals surface area contributed by atoms with E-state index >= 15 is 0 Å². The van der Waals surface area contributed by atoms with Crippen LogP contribution in [0.25, 0.3) is 22.6 Å². The van der Waals surface area contributed by atoms with Crippen LogP contribution in [0.3, 0.4) is 0 Å². The van der Waals surface area contributed by atoms with Crippen LogP contribution in [-0.2, 0) is 6.54 Å². The van der Waals surface area contributed by atoms with Gasteiger partial charge in [0, 0.05) is 12.1 Å². The van der Waals surface area contributed by atoms with Gasteiger partial charge in [0.25, 0.3) is 0 Å². The molecular formula is C24H25F2N7O2. The van der Waals surface area contributed by atoms with Crippen LogP contribution in [0.4, 0.5) is 8.78 Å². The molecule has 11 heteroatoms. The highest BCUT2D eigenvalue weighted by molar-refractivity contribution is 5.61. The Balaban J connectivity index is 1.67. The average Bonchev–Trinajstić information content (AvgIpc) is 3.32. The lowest BCUT2D eigenvalue weighted by Crippen LogP contribution is -2.21. The highest BCUT2D eigenvalue weighted by Crippen LogP contribution is 2.32. The van der Waals surface area contributed by atoms with E-state index in [-0.39, 0.29) is 29.6 Å². The van der Waals surface area contributed by atoms with Gasteiger partial charge >= 0.3 is 0 Å². The molecule has 182 valence electrons. The number of hydrogen-bond donors (Lipinski definition) is 2. The van der Waals surface area contributed by atoms with Gasteiger partial charge in [0.2, 0.25) is 0 Å². The Morgan fingerprint density at radius 1 is 0.971 bits per heavy atom. The molecule has 3 heterocycles. The largest absolute Gasteiger partial charge is 0.394 e. The van der Waals surface area contributed by atoms with E-state index in [0.29, 0.717) is 22.8 Å². The van der Waals surface area contributed by atoms with Gasteiger partial charge in [-0.25, -0.2) is 13.8 Å². The molecule has 0 fully saturated rings. The molecular weight excluding hydrogens is 456 g/mol. The van der Waals surface area contributed by atoms with Crippen LogP contribution < -0.4 is 0 Å². The lowest BCUT2D eigenvalue weighted by Gasteiger charge is -2.18. The molecule has 0 aliphatic rings. The molecule has 9 nitrogen and oxygen atoms in total. The standard InChI is InChI=1S/C24H25F2N7O2/c1-13(2)16-7-19(23-17(25)5-4-6-18(23)26)30-31-24(16)14(3)20-8-27-9-21(29-20)22-10-28-33(32-22)11-15(35)12-34/h4-10,13-15,34-35H,11-12H2,1-3H3/t14?,15-/m0/s1. The summed E-state index contributed by atoms with van der Waals surface area (Å²) in [5.41, 5.74) is 2.87. The molecule has 3 aromatic heterocycles. The van der Waals surface area contributed by atoms with Crippen LogP contribution >= 0.6 is 0 Å². The van der Waals surface area contributed by atoms with Crippen molar-refractivity contribution in [1.82, 2.24) is 35.2 Å². The van der Waals surface area contributed by atoms with Crippen LogP contribution in [0.5, 0.6) is 0 Å². The van der Waals surface area contributed by atoms with Crippen LogP contribution in [0.15, 0.2) is 42.9 Å². The maximum absolute atomic E-state index is 14.3. The smallest absolute Gasteiger partial charge is 0.135 e. The topological polar surface area (TPSA) is 123 Å². The maximum Gasteiger partial charge on any atom is 0.135 e. The molecule has 2 N–H and O–H groups in total. The minimum absolute atomic E-state index is 0.00512. The molecule has 0 amide bonds. The van der Waals surface area contributed by atoms with Gasteiger partial charge < -0.3 is 10.2 Å². The van der Waals surface area contributed by atoms with E-state index in [4.69, 9.17) is 5.11 Å². The summed E-state index contributed by atoms with van der Waals surface area (Å²) in [5.74, 6) is -1.72. The van der Waals surface area contributed by atoms with Crippen molar-refractivity contribution in [3.8, 4) is 22.6 Å². The Labute approximate surface area is 200 Å². The number of aliphatic hydroxyl groups is 2. The SMILES string of the molecule is CC(C)c1cc(-c2c(F)cccc2F)nnc1C(C)c1cncc(-c2cnn(C[C@H](O)CO)n2)n1. The molecule has 0 aliphatic heterocycles. The molecule has 0 saturated heterocycles. The molecule has 1 aromatic carbocycles. The van der Waals surface area contributed by atoms with E-state index in [9.17, 15) is 13.9 Å². The van der Waals surface area contributed by atoms with Gasteiger partial charge in [-0.15, -0.1) is 0 Å². The number of aliphatic hydroxyl groups excluding tert-OH is 2. The molecule has 0 aliphatic carbocycles. The van der Waals surface area contributed by atoms with Crippen molar-refractivity contribution in [2.75, 3.05) is 6.61 Å². The third kappa shape index (κ3) is 5.20. The van der Waals surface area contributed by atoms with Crippen molar-refractivity contribution < 1.29 is 19.0 Å². The average molecular weight is 482 g/mol. The zero-order valence-electron chi connectivity index (χ0n) is 19.5. The Bertz CT molecular complexity index is 1310. The summed E-state index contributed by atoms with van der Waals surface area (Å²) < 4.78 is 28.7. The lowest BCUT2D eigenvalue weighted by atomic mass is 9.92. The Morgan fingerprint density at radius 3 is 2.40 bits per heavy atom. The zero-order chi connectivity index (χ0) is 25.1. The molecule has 2 atom stereocenters. The number of nitrogens with zero attached hydrogens (tertiary/aromatic N) is 7. The van der Waals surface area contributed by atoms with Gasteiger partial charge in [-0.1, -0.05) is 26.8 Å². The van der Waals surface area contributed by atoms with Crippen LogP contribution in [0.2, 0.25) is 0 Å². The fraction of sp³-hybridized carbons (Fsp3) is 0.333. The van der Waals surface area contributed by atoms with Crippen molar-refractivity contribution in [1.29, 1.82) is 0 Å². The first-order valence-electron chi connectivity index (χ1n) is 11.1. The summed E-state index contributed by atoms with van der Waals surface area (Å²) in [5, 5.41) is 35.4. The predicted molar refractivity (Wildman–Crippen MR) is 123 cm³/mol. The maximum atomic E-state index is 14.3. The van der Waals surface area contributed by atoms with Crippen LogP contribution in [0.1, 0.15) is 49.6 Å². The van der Waals surface area contributed by atoms with Gasteiger partial charge in [0.15, 0.2) is 0 Å². The van der Waals surface area contributed by atoms with Gasteiger partial charge in [-0.2, -0.15) is 25.2 Å². The number of aromatic nitrogens is 7. The minimum Gasteiger partial charge on any atom is -0.394 e. The Hall–Kier alpha value is -3.70. The van der Waals surface area contributed by atoms with E-state index in [0.717, 1.165) is 5.56 Å². The minimum atomic E-state index is -0.971. The lowest BCUT2D eigenvalue weighted by molar-refractivity contribution is 0.0747. The quantitative estimate of drug-likeness (QED) is 0.394. The normalized spacial score (nSPS) is 13.3. The molecule has 0 saturated carbocycles. The second kappa shape index (κ2) is 10.3. The van der Waals surface area contributed by atoms with Gasteiger partial charge in [-0.3, -0.25) is 4.98 Å². The zero-order valence-corrected chi connectivity index (χ0v) is 19.5. The molecule has 0 bridgehead atoms. The predicted octanol–water partition coefficient (Wildman–Crippen LogP) is 3.10. The fourth-order valence-electron chi connectivity index (χ4n) is 3.68.